The van der Waals surface area contributed by atoms with Crippen LogP contribution >= 0.6 is 11.6 Å². The van der Waals surface area contributed by atoms with Crippen molar-refractivity contribution in [2.45, 2.75) is 51.7 Å². The van der Waals surface area contributed by atoms with Gasteiger partial charge in [-0.1, -0.05) is 31.4 Å². The zero-order valence-electron chi connectivity index (χ0n) is 20.1. The molecule has 0 saturated heterocycles. The van der Waals surface area contributed by atoms with Gasteiger partial charge in [-0.05, 0) is 49.8 Å². The molecule has 1 fully saturated rings. The lowest BCUT2D eigenvalue weighted by Gasteiger charge is -2.29. The first-order valence-electron chi connectivity index (χ1n) is 12.0. The van der Waals surface area contributed by atoms with E-state index in [0.717, 1.165) is 25.7 Å². The molecule has 4 aromatic heterocycles. The van der Waals surface area contributed by atoms with Crippen LogP contribution in [0.4, 0.5) is 4.39 Å². The summed E-state index contributed by atoms with van der Waals surface area (Å²) in [5.74, 6) is 0.659. The lowest BCUT2D eigenvalue weighted by atomic mass is 9.83. The van der Waals surface area contributed by atoms with Crippen LogP contribution in [0.25, 0.3) is 22.3 Å². The number of pyridine rings is 3. The summed E-state index contributed by atoms with van der Waals surface area (Å²) in [6, 6.07) is 8.16. The summed E-state index contributed by atoms with van der Waals surface area (Å²) in [5, 5.41) is 21.8. The monoisotopic (exact) mass is 504 g/mol. The Hall–Kier alpha value is -3.41. The van der Waals surface area contributed by atoms with E-state index < -0.39 is 11.4 Å². The highest BCUT2D eigenvalue weighted by molar-refractivity contribution is 6.30. The number of hydrogen-bond donors (Lipinski definition) is 1. The van der Waals surface area contributed by atoms with Crippen LogP contribution in [0.15, 0.2) is 42.9 Å². The van der Waals surface area contributed by atoms with E-state index >= 15 is 0 Å². The molecule has 1 N–H and O–H groups in total. The third-order valence-corrected chi connectivity index (χ3v) is 7.26. The second-order valence-corrected chi connectivity index (χ2v) is 10.2. The standard InChI is InChI=1S/C27H26ClFN6O/c1-16-5-7-17(8-6-16)15-35-24-22(34-26(35)27(2,36)25-21(29)4-3-9-32-25)11-20(12-30)33-23(24)18-10-19(28)14-31-13-18/h3-4,9-11,13-14,16-17,36H,5-8,15H2,1-2H3. The van der Waals surface area contributed by atoms with Crippen LogP contribution in [-0.2, 0) is 12.1 Å². The summed E-state index contributed by atoms with van der Waals surface area (Å²) < 4.78 is 16.8. The molecule has 5 rings (SSSR count). The molecule has 1 unspecified atom stereocenters. The van der Waals surface area contributed by atoms with E-state index in [-0.39, 0.29) is 17.2 Å². The summed E-state index contributed by atoms with van der Waals surface area (Å²) in [5.41, 5.74) is 0.457. The first-order chi connectivity index (χ1) is 17.3. The molecule has 1 aliphatic carbocycles. The Morgan fingerprint density at radius 1 is 1.22 bits per heavy atom. The van der Waals surface area contributed by atoms with Crippen molar-refractivity contribution in [3.8, 4) is 17.3 Å². The molecule has 1 atom stereocenters. The second-order valence-electron chi connectivity index (χ2n) is 9.81. The van der Waals surface area contributed by atoms with Gasteiger partial charge in [-0.25, -0.2) is 14.4 Å². The minimum Gasteiger partial charge on any atom is -0.376 e. The number of nitrogens with zero attached hydrogens (tertiary/aromatic N) is 6. The van der Waals surface area contributed by atoms with E-state index in [4.69, 9.17) is 16.6 Å². The van der Waals surface area contributed by atoms with Crippen molar-refractivity contribution in [2.24, 2.45) is 11.8 Å². The summed E-state index contributed by atoms with van der Waals surface area (Å²) in [4.78, 5) is 17.7. The zero-order chi connectivity index (χ0) is 25.4. The van der Waals surface area contributed by atoms with Crippen LogP contribution in [-0.4, -0.2) is 29.6 Å². The molecule has 0 aromatic carbocycles. The average molecular weight is 505 g/mol. The third-order valence-electron chi connectivity index (χ3n) is 7.05. The highest BCUT2D eigenvalue weighted by atomic mass is 35.5. The SMILES string of the molecule is CC1CCC(Cn2c(C(C)(O)c3ncccc3F)nc3cc(C#N)nc(-c4cncc(Cl)c4)c32)CC1. The fourth-order valence-electron chi connectivity index (χ4n) is 5.13. The lowest BCUT2D eigenvalue weighted by Crippen LogP contribution is -2.31. The van der Waals surface area contributed by atoms with Crippen molar-refractivity contribution in [3.05, 3.63) is 70.9 Å². The Kier molecular flexibility index (Phi) is 6.45. The summed E-state index contributed by atoms with van der Waals surface area (Å²) >= 11 is 6.24. The van der Waals surface area contributed by atoms with Gasteiger partial charge in [0.05, 0.1) is 21.7 Å². The zero-order valence-corrected chi connectivity index (χ0v) is 20.9. The van der Waals surface area contributed by atoms with Gasteiger partial charge in [0.15, 0.2) is 5.60 Å². The minimum absolute atomic E-state index is 0.113. The fraction of sp³-hybridized carbons (Fsp3) is 0.370. The quantitative estimate of drug-likeness (QED) is 0.377. The van der Waals surface area contributed by atoms with Crippen LogP contribution in [0.5, 0.6) is 0 Å². The van der Waals surface area contributed by atoms with E-state index in [1.807, 2.05) is 4.57 Å². The third kappa shape index (κ3) is 4.45. The maximum atomic E-state index is 14.8. The van der Waals surface area contributed by atoms with Crippen LogP contribution in [0.3, 0.4) is 0 Å². The number of hydrogen-bond acceptors (Lipinski definition) is 6. The van der Waals surface area contributed by atoms with Crippen molar-refractivity contribution >= 4 is 22.6 Å². The van der Waals surface area contributed by atoms with Crippen molar-refractivity contribution < 1.29 is 9.50 Å². The molecule has 0 amide bonds. The Morgan fingerprint density at radius 2 is 2.00 bits per heavy atom. The van der Waals surface area contributed by atoms with Crippen molar-refractivity contribution in [3.63, 3.8) is 0 Å². The summed E-state index contributed by atoms with van der Waals surface area (Å²) in [6.45, 7) is 4.33. The van der Waals surface area contributed by atoms with Gasteiger partial charge in [0.1, 0.15) is 29.1 Å². The van der Waals surface area contributed by atoms with Crippen LogP contribution in [0, 0.1) is 29.0 Å². The van der Waals surface area contributed by atoms with Crippen LogP contribution in [0.2, 0.25) is 5.02 Å². The molecule has 1 aliphatic rings. The Labute approximate surface area is 213 Å². The summed E-state index contributed by atoms with van der Waals surface area (Å²) in [6.07, 6.45) is 8.93. The maximum absolute atomic E-state index is 14.8. The molecule has 36 heavy (non-hydrogen) atoms. The van der Waals surface area contributed by atoms with E-state index in [1.165, 1.54) is 31.5 Å². The fourth-order valence-corrected chi connectivity index (χ4v) is 5.30. The van der Waals surface area contributed by atoms with Gasteiger partial charge < -0.3 is 9.67 Å². The first-order valence-corrected chi connectivity index (χ1v) is 12.4. The molecule has 7 nitrogen and oxygen atoms in total. The van der Waals surface area contributed by atoms with Crippen molar-refractivity contribution in [2.75, 3.05) is 0 Å². The van der Waals surface area contributed by atoms with Gasteiger partial charge in [0.2, 0.25) is 0 Å². The Balaban J connectivity index is 1.78. The van der Waals surface area contributed by atoms with E-state index in [0.29, 0.717) is 45.7 Å². The lowest BCUT2D eigenvalue weighted by molar-refractivity contribution is 0.0777. The molecule has 0 bridgehead atoms. The van der Waals surface area contributed by atoms with Gasteiger partial charge in [-0.3, -0.25) is 9.97 Å². The molecule has 0 spiro atoms. The van der Waals surface area contributed by atoms with Gasteiger partial charge in [-0.15, -0.1) is 0 Å². The molecule has 1 saturated carbocycles. The second kappa shape index (κ2) is 9.57. The number of nitriles is 1. The molecule has 184 valence electrons. The smallest absolute Gasteiger partial charge is 0.164 e. The van der Waals surface area contributed by atoms with Gasteiger partial charge in [-0.2, -0.15) is 5.26 Å². The van der Waals surface area contributed by atoms with E-state index in [2.05, 4.69) is 27.9 Å². The highest BCUT2D eigenvalue weighted by Crippen LogP contribution is 2.38. The van der Waals surface area contributed by atoms with Crippen LogP contribution < -0.4 is 0 Å². The topological polar surface area (TPSA) is 101 Å². The first kappa shape index (κ1) is 24.3. The van der Waals surface area contributed by atoms with Gasteiger partial charge in [0.25, 0.3) is 0 Å². The molecule has 4 heterocycles. The van der Waals surface area contributed by atoms with Crippen LogP contribution in [0.1, 0.15) is 56.7 Å². The normalized spacial score (nSPS) is 19.7. The van der Waals surface area contributed by atoms with Crippen molar-refractivity contribution in [1.82, 2.24) is 24.5 Å². The number of fused-ring (bicyclic) bond motifs is 1. The van der Waals surface area contributed by atoms with E-state index in [9.17, 15) is 14.8 Å². The number of aliphatic hydroxyl groups is 1. The molecular formula is C27H26ClFN6O. The Morgan fingerprint density at radius 3 is 2.69 bits per heavy atom. The molecular weight excluding hydrogens is 479 g/mol. The van der Waals surface area contributed by atoms with Gasteiger partial charge in [0, 0.05) is 36.8 Å². The van der Waals surface area contributed by atoms with E-state index in [1.54, 1.807) is 18.3 Å². The largest absolute Gasteiger partial charge is 0.376 e. The molecule has 0 aliphatic heterocycles. The molecule has 4 aromatic rings. The molecule has 9 heteroatoms. The predicted molar refractivity (Wildman–Crippen MR) is 134 cm³/mol. The van der Waals surface area contributed by atoms with Gasteiger partial charge >= 0.3 is 0 Å². The maximum Gasteiger partial charge on any atom is 0.164 e. The number of halogens is 2. The van der Waals surface area contributed by atoms with Crippen molar-refractivity contribution in [1.29, 1.82) is 5.26 Å². The summed E-state index contributed by atoms with van der Waals surface area (Å²) in [7, 11) is 0. The average Bonchev–Trinajstić information content (AvgIpc) is 3.24. The number of imidazole rings is 1. The predicted octanol–water partition coefficient (Wildman–Crippen LogP) is 5.63. The highest BCUT2D eigenvalue weighted by Gasteiger charge is 2.37. The Bertz CT molecular complexity index is 1470. The minimum atomic E-state index is -1.83. The number of aromatic nitrogens is 5. The molecule has 0 radical (unpaired) electrons. The number of rotatable bonds is 5.